The molecule has 0 spiro atoms. The third kappa shape index (κ3) is 7.15. The van der Waals surface area contributed by atoms with Crippen LogP contribution >= 0.6 is 11.6 Å². The number of esters is 1. The van der Waals surface area contributed by atoms with E-state index in [1.165, 1.54) is 23.5 Å². The summed E-state index contributed by atoms with van der Waals surface area (Å²) in [6.45, 7) is 2.06. The Morgan fingerprint density at radius 3 is 2.52 bits per heavy atom. The highest BCUT2D eigenvalue weighted by Crippen LogP contribution is 2.30. The van der Waals surface area contributed by atoms with Crippen LogP contribution in [-0.4, -0.2) is 46.8 Å². The molecule has 0 aliphatic rings. The van der Waals surface area contributed by atoms with E-state index in [0.717, 1.165) is 6.26 Å². The van der Waals surface area contributed by atoms with Gasteiger partial charge in [0.2, 0.25) is 15.9 Å². The third-order valence-electron chi connectivity index (χ3n) is 4.25. The van der Waals surface area contributed by atoms with Crippen LogP contribution in [0, 0.1) is 0 Å². The van der Waals surface area contributed by atoms with Gasteiger partial charge in [0.1, 0.15) is 5.75 Å². The Morgan fingerprint density at radius 2 is 1.90 bits per heavy atom. The lowest BCUT2D eigenvalue weighted by Gasteiger charge is -2.23. The quantitative estimate of drug-likeness (QED) is 0.533. The molecule has 2 aromatic carbocycles. The van der Waals surface area contributed by atoms with Crippen LogP contribution in [0.25, 0.3) is 0 Å². The summed E-state index contributed by atoms with van der Waals surface area (Å²) in [5, 5.41) is 2.99. The minimum atomic E-state index is -3.58. The van der Waals surface area contributed by atoms with Crippen LogP contribution in [0.1, 0.15) is 30.1 Å². The molecular formula is C21H25ClN2O6S. The molecule has 0 aliphatic heterocycles. The van der Waals surface area contributed by atoms with Gasteiger partial charge in [-0.1, -0.05) is 17.7 Å². The van der Waals surface area contributed by atoms with E-state index in [0.29, 0.717) is 22.7 Å². The number of hydrogen-bond acceptors (Lipinski definition) is 6. The summed E-state index contributed by atoms with van der Waals surface area (Å²) in [6, 6.07) is 11.1. The zero-order valence-corrected chi connectivity index (χ0v) is 19.1. The number of carbonyl (C=O) groups excluding carboxylic acids is 2. The van der Waals surface area contributed by atoms with Gasteiger partial charge in [-0.05, 0) is 49.7 Å². The number of anilines is 2. The fourth-order valence-electron chi connectivity index (χ4n) is 2.84. The van der Waals surface area contributed by atoms with Crippen molar-refractivity contribution in [3.05, 3.63) is 53.1 Å². The maximum Gasteiger partial charge on any atom is 0.338 e. The van der Waals surface area contributed by atoms with E-state index in [1.807, 2.05) is 0 Å². The van der Waals surface area contributed by atoms with Gasteiger partial charge in [0.05, 0.1) is 36.2 Å². The number of nitrogens with zero attached hydrogens (tertiary/aromatic N) is 1. The standard InChI is InChI=1S/C21H25ClN2O6S/c1-4-30-21(26)15-7-5-8-16(13-15)23-20(25)9-6-12-24(31(3,27)28)17-10-11-19(29-2)18(22)14-17/h5,7-8,10-11,13-14H,4,6,9,12H2,1-3H3,(H,23,25). The number of halogens is 1. The molecule has 0 fully saturated rings. The first-order valence-electron chi connectivity index (χ1n) is 9.54. The van der Waals surface area contributed by atoms with E-state index in [9.17, 15) is 18.0 Å². The van der Waals surface area contributed by atoms with Crippen LogP contribution in [0.5, 0.6) is 5.75 Å². The molecule has 0 bridgehead atoms. The highest BCUT2D eigenvalue weighted by atomic mass is 35.5. The van der Waals surface area contributed by atoms with Gasteiger partial charge >= 0.3 is 5.97 Å². The van der Waals surface area contributed by atoms with Crippen LogP contribution in [0.4, 0.5) is 11.4 Å². The summed E-state index contributed by atoms with van der Waals surface area (Å²) < 4.78 is 35.7. The molecule has 31 heavy (non-hydrogen) atoms. The van der Waals surface area contributed by atoms with Crippen molar-refractivity contribution in [3.63, 3.8) is 0 Å². The van der Waals surface area contributed by atoms with Crippen LogP contribution in [0.15, 0.2) is 42.5 Å². The van der Waals surface area contributed by atoms with Gasteiger partial charge in [-0.25, -0.2) is 13.2 Å². The van der Waals surface area contributed by atoms with Crippen molar-refractivity contribution < 1.29 is 27.5 Å². The fraction of sp³-hybridized carbons (Fsp3) is 0.333. The van der Waals surface area contributed by atoms with Crippen molar-refractivity contribution in [2.45, 2.75) is 19.8 Å². The van der Waals surface area contributed by atoms with E-state index in [4.69, 9.17) is 21.1 Å². The van der Waals surface area contributed by atoms with Gasteiger partial charge in [-0.2, -0.15) is 0 Å². The van der Waals surface area contributed by atoms with Crippen molar-refractivity contribution in [1.29, 1.82) is 0 Å². The molecular weight excluding hydrogens is 444 g/mol. The number of ether oxygens (including phenoxy) is 2. The molecule has 1 amide bonds. The molecule has 0 aromatic heterocycles. The molecule has 2 aromatic rings. The second-order valence-electron chi connectivity index (χ2n) is 6.61. The Hall–Kier alpha value is -2.78. The van der Waals surface area contributed by atoms with E-state index in [-0.39, 0.29) is 36.9 Å². The van der Waals surface area contributed by atoms with Crippen molar-refractivity contribution in [2.75, 3.05) is 36.1 Å². The molecule has 2 rings (SSSR count). The lowest BCUT2D eigenvalue weighted by molar-refractivity contribution is -0.116. The molecule has 0 saturated heterocycles. The van der Waals surface area contributed by atoms with Gasteiger partial charge < -0.3 is 14.8 Å². The number of nitrogens with one attached hydrogen (secondary N) is 1. The average Bonchev–Trinajstić information content (AvgIpc) is 2.70. The van der Waals surface area contributed by atoms with Gasteiger partial charge in [0.15, 0.2) is 0 Å². The summed E-state index contributed by atoms with van der Waals surface area (Å²) in [4.78, 5) is 24.1. The fourth-order valence-corrected chi connectivity index (χ4v) is 4.05. The number of methoxy groups -OCH3 is 1. The summed E-state index contributed by atoms with van der Waals surface area (Å²) in [7, 11) is -2.11. The molecule has 0 aliphatic carbocycles. The van der Waals surface area contributed by atoms with Crippen molar-refractivity contribution in [3.8, 4) is 5.75 Å². The first kappa shape index (κ1) is 24.5. The Morgan fingerprint density at radius 1 is 1.16 bits per heavy atom. The van der Waals surface area contributed by atoms with Crippen LogP contribution in [-0.2, 0) is 19.6 Å². The number of hydrogen-bond donors (Lipinski definition) is 1. The molecule has 10 heteroatoms. The first-order valence-corrected chi connectivity index (χ1v) is 11.8. The molecule has 168 valence electrons. The third-order valence-corrected chi connectivity index (χ3v) is 5.74. The predicted molar refractivity (Wildman–Crippen MR) is 120 cm³/mol. The number of benzene rings is 2. The number of carbonyl (C=O) groups is 2. The molecule has 8 nitrogen and oxygen atoms in total. The van der Waals surface area contributed by atoms with Crippen molar-refractivity contribution >= 4 is 44.9 Å². The predicted octanol–water partition coefficient (Wildman–Crippen LogP) is 3.71. The van der Waals surface area contributed by atoms with E-state index >= 15 is 0 Å². The van der Waals surface area contributed by atoms with Crippen molar-refractivity contribution in [2.24, 2.45) is 0 Å². The summed E-state index contributed by atoms with van der Waals surface area (Å²) in [5.74, 6) is -0.342. The molecule has 0 radical (unpaired) electrons. The highest BCUT2D eigenvalue weighted by molar-refractivity contribution is 7.92. The van der Waals surface area contributed by atoms with Gasteiger partial charge in [-0.3, -0.25) is 9.10 Å². The molecule has 0 atom stereocenters. The lowest BCUT2D eigenvalue weighted by atomic mass is 10.2. The molecule has 0 unspecified atom stereocenters. The van der Waals surface area contributed by atoms with Gasteiger partial charge in [0, 0.05) is 18.7 Å². The average molecular weight is 469 g/mol. The zero-order valence-electron chi connectivity index (χ0n) is 17.6. The highest BCUT2D eigenvalue weighted by Gasteiger charge is 2.19. The number of sulfonamides is 1. The number of rotatable bonds is 10. The summed E-state index contributed by atoms with van der Waals surface area (Å²) in [5.41, 5.74) is 1.17. The molecule has 0 saturated carbocycles. The lowest BCUT2D eigenvalue weighted by Crippen LogP contribution is -2.31. The second kappa shape index (κ2) is 11.0. The topological polar surface area (TPSA) is 102 Å². The second-order valence-corrected chi connectivity index (χ2v) is 8.92. The largest absolute Gasteiger partial charge is 0.495 e. The van der Waals surface area contributed by atoms with Crippen molar-refractivity contribution in [1.82, 2.24) is 0 Å². The Labute approximate surface area is 187 Å². The Kier molecular flexibility index (Phi) is 8.70. The smallest absolute Gasteiger partial charge is 0.338 e. The van der Waals surface area contributed by atoms with Crippen LogP contribution in [0.3, 0.4) is 0 Å². The normalized spacial score (nSPS) is 11.0. The zero-order chi connectivity index (χ0) is 23.0. The van der Waals surface area contributed by atoms with Crippen LogP contribution < -0.4 is 14.4 Å². The van der Waals surface area contributed by atoms with Crippen LogP contribution in [0.2, 0.25) is 5.02 Å². The Balaban J connectivity index is 2.00. The van der Waals surface area contributed by atoms with E-state index in [1.54, 1.807) is 37.3 Å². The van der Waals surface area contributed by atoms with Gasteiger partial charge in [0.25, 0.3) is 0 Å². The monoisotopic (exact) mass is 468 g/mol. The minimum Gasteiger partial charge on any atom is -0.495 e. The van der Waals surface area contributed by atoms with E-state index < -0.39 is 16.0 Å². The maximum absolute atomic E-state index is 12.3. The summed E-state index contributed by atoms with van der Waals surface area (Å²) >= 11 is 6.11. The molecule has 0 heterocycles. The number of amides is 1. The SMILES string of the molecule is CCOC(=O)c1cccc(NC(=O)CCCN(c2ccc(OC)c(Cl)c2)S(C)(=O)=O)c1. The maximum atomic E-state index is 12.3. The van der Waals surface area contributed by atoms with Gasteiger partial charge in [-0.15, -0.1) is 0 Å². The Bertz CT molecular complexity index is 1040. The van der Waals surface area contributed by atoms with E-state index in [2.05, 4.69) is 5.32 Å². The first-order chi connectivity index (χ1) is 14.7. The summed E-state index contributed by atoms with van der Waals surface area (Å²) in [6.07, 6.45) is 1.45. The minimum absolute atomic E-state index is 0.0829. The molecule has 1 N–H and O–H groups in total.